The van der Waals surface area contributed by atoms with Crippen molar-refractivity contribution in [2.75, 3.05) is 0 Å². The van der Waals surface area contributed by atoms with Crippen LogP contribution in [0.15, 0.2) is 60.9 Å². The fourth-order valence-electron chi connectivity index (χ4n) is 2.57. The van der Waals surface area contributed by atoms with E-state index in [2.05, 4.69) is 4.98 Å². The maximum absolute atomic E-state index is 13.0. The smallest absolute Gasteiger partial charge is 0.263 e. The van der Waals surface area contributed by atoms with Gasteiger partial charge in [0.15, 0.2) is 0 Å². The number of nitrogens with zero attached hydrogens (tertiary/aromatic N) is 1. The Morgan fingerprint density at radius 3 is 1.44 bits per heavy atom. The zero-order chi connectivity index (χ0) is 19.8. The van der Waals surface area contributed by atoms with E-state index in [-0.39, 0.29) is 11.1 Å². The Hall–Kier alpha value is -2.10. The molecule has 0 saturated heterocycles. The Kier molecular flexibility index (Phi) is 5.20. The summed E-state index contributed by atoms with van der Waals surface area (Å²) >= 11 is 1.91. The van der Waals surface area contributed by atoms with Crippen molar-refractivity contribution in [2.24, 2.45) is 0 Å². The molecule has 1 nitrogen and oxygen atoms in total. The van der Waals surface area contributed by atoms with Crippen LogP contribution in [0, 0.1) is 3.57 Å². The first-order valence-corrected chi connectivity index (χ1v) is 8.64. The molecule has 27 heavy (non-hydrogen) atoms. The van der Waals surface area contributed by atoms with E-state index in [4.69, 9.17) is 0 Å². The standard InChI is InChI=1S/C19H10F6IN/c20-18(21,22)13-5-1-3-11(7-13)15-9-27-10-16(17(15)26)12-4-2-6-14(8-12)19(23,24)25/h1-10H. The highest BCUT2D eigenvalue weighted by atomic mass is 127. The highest BCUT2D eigenvalue weighted by Crippen LogP contribution is 2.37. The van der Waals surface area contributed by atoms with E-state index in [0.717, 1.165) is 24.3 Å². The van der Waals surface area contributed by atoms with E-state index < -0.39 is 23.5 Å². The Morgan fingerprint density at radius 1 is 0.667 bits per heavy atom. The molecule has 0 atom stereocenters. The third-order valence-electron chi connectivity index (χ3n) is 3.88. The van der Waals surface area contributed by atoms with Gasteiger partial charge in [0.25, 0.3) is 0 Å². The SMILES string of the molecule is FC(F)(F)c1cccc(-c2cncc(-c3cccc(C(F)(F)F)c3)c2I)c1. The molecule has 2 aromatic carbocycles. The van der Waals surface area contributed by atoms with Gasteiger partial charge in [0.05, 0.1) is 11.1 Å². The van der Waals surface area contributed by atoms with Crippen LogP contribution in [-0.2, 0) is 12.4 Å². The molecule has 0 bridgehead atoms. The summed E-state index contributed by atoms with van der Waals surface area (Å²) in [6.45, 7) is 0. The van der Waals surface area contributed by atoms with E-state index in [9.17, 15) is 26.3 Å². The second kappa shape index (κ2) is 7.14. The van der Waals surface area contributed by atoms with Crippen LogP contribution in [0.5, 0.6) is 0 Å². The molecule has 3 aromatic rings. The van der Waals surface area contributed by atoms with Crippen molar-refractivity contribution >= 4 is 22.6 Å². The predicted octanol–water partition coefficient (Wildman–Crippen LogP) is 7.06. The molecule has 0 spiro atoms. The molecule has 0 N–H and O–H groups in total. The first kappa shape index (κ1) is 19.7. The van der Waals surface area contributed by atoms with E-state index in [1.165, 1.54) is 36.7 Å². The predicted molar refractivity (Wildman–Crippen MR) is 97.8 cm³/mol. The van der Waals surface area contributed by atoms with Crippen molar-refractivity contribution < 1.29 is 26.3 Å². The van der Waals surface area contributed by atoms with E-state index >= 15 is 0 Å². The first-order chi connectivity index (χ1) is 12.6. The van der Waals surface area contributed by atoms with Crippen molar-refractivity contribution in [1.82, 2.24) is 4.98 Å². The minimum atomic E-state index is -4.49. The third-order valence-corrected chi connectivity index (χ3v) is 5.04. The van der Waals surface area contributed by atoms with E-state index in [1.54, 1.807) is 0 Å². The summed E-state index contributed by atoms with van der Waals surface area (Å²) in [4.78, 5) is 4.01. The molecule has 140 valence electrons. The molecule has 3 rings (SSSR count). The molecule has 0 saturated carbocycles. The molecular formula is C19H10F6IN. The van der Waals surface area contributed by atoms with Crippen molar-refractivity contribution in [3.05, 3.63) is 75.6 Å². The zero-order valence-electron chi connectivity index (χ0n) is 13.4. The van der Waals surface area contributed by atoms with Crippen molar-refractivity contribution in [1.29, 1.82) is 0 Å². The number of benzene rings is 2. The number of hydrogen-bond acceptors (Lipinski definition) is 1. The summed E-state index contributed by atoms with van der Waals surface area (Å²) in [6.07, 6.45) is -6.19. The third kappa shape index (κ3) is 4.26. The minimum absolute atomic E-state index is 0.288. The molecule has 8 heteroatoms. The van der Waals surface area contributed by atoms with Gasteiger partial charge in [0, 0.05) is 27.1 Å². The highest BCUT2D eigenvalue weighted by Gasteiger charge is 2.31. The Labute approximate surface area is 164 Å². The van der Waals surface area contributed by atoms with Crippen molar-refractivity contribution in [3.63, 3.8) is 0 Å². The average molecular weight is 493 g/mol. The van der Waals surface area contributed by atoms with Gasteiger partial charge in [-0.1, -0.05) is 24.3 Å². The lowest BCUT2D eigenvalue weighted by atomic mass is 9.99. The molecular weight excluding hydrogens is 483 g/mol. The molecule has 0 aliphatic rings. The normalized spacial score (nSPS) is 12.3. The number of hydrogen-bond donors (Lipinski definition) is 0. The van der Waals surface area contributed by atoms with Gasteiger partial charge in [-0.05, 0) is 58.0 Å². The van der Waals surface area contributed by atoms with Gasteiger partial charge in [-0.2, -0.15) is 26.3 Å². The van der Waals surface area contributed by atoms with Crippen LogP contribution < -0.4 is 0 Å². The summed E-state index contributed by atoms with van der Waals surface area (Å²) < 4.78 is 78.3. The lowest BCUT2D eigenvalue weighted by Gasteiger charge is -2.13. The van der Waals surface area contributed by atoms with Gasteiger partial charge in [-0.25, -0.2) is 0 Å². The largest absolute Gasteiger partial charge is 0.416 e. The fourth-order valence-corrected chi connectivity index (χ4v) is 3.47. The maximum atomic E-state index is 13.0. The van der Waals surface area contributed by atoms with Gasteiger partial charge in [-0.15, -0.1) is 0 Å². The molecule has 0 aliphatic carbocycles. The van der Waals surface area contributed by atoms with Crippen LogP contribution in [0.2, 0.25) is 0 Å². The summed E-state index contributed by atoms with van der Waals surface area (Å²) in [5.41, 5.74) is -0.208. The van der Waals surface area contributed by atoms with Gasteiger partial charge in [-0.3, -0.25) is 4.98 Å². The highest BCUT2D eigenvalue weighted by molar-refractivity contribution is 14.1. The Bertz CT molecular complexity index is 903. The summed E-state index contributed by atoms with van der Waals surface area (Å²) in [5, 5.41) is 0. The van der Waals surface area contributed by atoms with Crippen LogP contribution >= 0.6 is 22.6 Å². The molecule has 0 unspecified atom stereocenters. The zero-order valence-corrected chi connectivity index (χ0v) is 15.5. The van der Waals surface area contributed by atoms with Crippen LogP contribution in [0.1, 0.15) is 11.1 Å². The number of halogens is 7. The van der Waals surface area contributed by atoms with Crippen LogP contribution in [0.3, 0.4) is 0 Å². The number of rotatable bonds is 2. The Morgan fingerprint density at radius 2 is 1.07 bits per heavy atom. The molecule has 0 radical (unpaired) electrons. The fraction of sp³-hybridized carbons (Fsp3) is 0.105. The topological polar surface area (TPSA) is 12.9 Å². The van der Waals surface area contributed by atoms with Crippen LogP contribution in [0.4, 0.5) is 26.3 Å². The van der Waals surface area contributed by atoms with Gasteiger partial charge in [0.1, 0.15) is 0 Å². The monoisotopic (exact) mass is 493 g/mol. The second-order valence-electron chi connectivity index (χ2n) is 5.71. The van der Waals surface area contributed by atoms with Gasteiger partial charge in [0.2, 0.25) is 0 Å². The lowest BCUT2D eigenvalue weighted by molar-refractivity contribution is -0.138. The molecule has 1 heterocycles. The maximum Gasteiger partial charge on any atom is 0.416 e. The quantitative estimate of drug-likeness (QED) is 0.275. The first-order valence-electron chi connectivity index (χ1n) is 7.56. The number of aromatic nitrogens is 1. The van der Waals surface area contributed by atoms with E-state index in [0.29, 0.717) is 14.7 Å². The average Bonchev–Trinajstić information content (AvgIpc) is 2.61. The summed E-state index contributed by atoms with van der Waals surface area (Å²) in [6, 6.07) is 9.48. The van der Waals surface area contributed by atoms with Crippen molar-refractivity contribution in [2.45, 2.75) is 12.4 Å². The summed E-state index contributed by atoms with van der Waals surface area (Å²) in [7, 11) is 0. The lowest BCUT2D eigenvalue weighted by Crippen LogP contribution is -2.05. The van der Waals surface area contributed by atoms with E-state index in [1.807, 2.05) is 22.6 Å². The van der Waals surface area contributed by atoms with Crippen LogP contribution in [-0.4, -0.2) is 4.98 Å². The molecule has 1 aromatic heterocycles. The second-order valence-corrected chi connectivity index (χ2v) is 6.78. The minimum Gasteiger partial charge on any atom is -0.263 e. The number of alkyl halides is 6. The van der Waals surface area contributed by atoms with Gasteiger partial charge < -0.3 is 0 Å². The summed E-state index contributed by atoms with van der Waals surface area (Å²) in [5.74, 6) is 0. The number of pyridine rings is 1. The van der Waals surface area contributed by atoms with Gasteiger partial charge >= 0.3 is 12.4 Å². The van der Waals surface area contributed by atoms with Crippen LogP contribution in [0.25, 0.3) is 22.3 Å². The molecule has 0 fully saturated rings. The molecule has 0 aliphatic heterocycles. The molecule has 0 amide bonds. The van der Waals surface area contributed by atoms with Crippen molar-refractivity contribution in [3.8, 4) is 22.3 Å². The Balaban J connectivity index is 2.11.